The Hall–Kier alpha value is -5.24. The number of nitrogens with zero attached hydrogens (tertiary/aromatic N) is 2. The second-order valence-electron chi connectivity index (χ2n) is 10.4. The van der Waals surface area contributed by atoms with Crippen molar-refractivity contribution < 1.29 is 28.8 Å². The zero-order chi connectivity index (χ0) is 32.7. The monoisotopic (exact) mass is 676 g/mol. The van der Waals surface area contributed by atoms with Crippen LogP contribution in [0.25, 0.3) is 0 Å². The van der Waals surface area contributed by atoms with Crippen molar-refractivity contribution in [3.05, 3.63) is 129 Å². The largest absolute Gasteiger partial charge is 0.325 e. The molecule has 2 amide bonds. The highest BCUT2D eigenvalue weighted by atomic mass is 32.2. The fourth-order valence-electron chi connectivity index (χ4n) is 5.44. The third-order valence-corrected chi connectivity index (χ3v) is 10.7. The number of benzene rings is 4. The first-order valence-corrected chi connectivity index (χ1v) is 16.9. The van der Waals surface area contributed by atoms with Crippen LogP contribution in [0.15, 0.2) is 93.6 Å². The van der Waals surface area contributed by atoms with Crippen LogP contribution in [0.4, 0.5) is 11.4 Å². The van der Waals surface area contributed by atoms with Crippen molar-refractivity contribution in [2.45, 2.75) is 8.68 Å². The average molecular weight is 677 g/mol. The van der Waals surface area contributed by atoms with Gasteiger partial charge in [-0.25, -0.2) is 0 Å². The Labute approximate surface area is 279 Å². The Morgan fingerprint density at radius 2 is 0.872 bits per heavy atom. The van der Waals surface area contributed by atoms with Gasteiger partial charge in [-0.15, -0.1) is 10.2 Å². The highest BCUT2D eigenvalue weighted by Crippen LogP contribution is 2.34. The van der Waals surface area contributed by atoms with E-state index in [1.165, 1.54) is 11.3 Å². The predicted octanol–water partition coefficient (Wildman–Crippen LogP) is 5.55. The standard InChI is InChI=1S/C34H20N4O6S3/c39-25(35-23-13-5-11-21-27(23)31(43)19-9-3-1-7-17(19)29(21)41)15-45-33-37-38-34(47-33)46-16-26(40)36-24-14-6-12-22-28(24)32(44)20-10-4-2-8-18(20)30(22)42/h1-14H,15-16H2,(H,35,39)(H,36,40). The number of aromatic nitrogens is 2. The Balaban J connectivity index is 0.952. The number of nitrogens with one attached hydrogen (secondary N) is 2. The Morgan fingerprint density at radius 3 is 1.28 bits per heavy atom. The van der Waals surface area contributed by atoms with Crippen LogP contribution in [0.1, 0.15) is 63.7 Å². The molecule has 0 aliphatic heterocycles. The molecule has 10 nitrogen and oxygen atoms in total. The van der Waals surface area contributed by atoms with Gasteiger partial charge in [0.2, 0.25) is 11.8 Å². The minimum absolute atomic E-state index is 0.0306. The molecule has 0 saturated carbocycles. The van der Waals surface area contributed by atoms with Gasteiger partial charge in [0.1, 0.15) is 0 Å². The van der Waals surface area contributed by atoms with Crippen LogP contribution < -0.4 is 10.6 Å². The molecule has 0 unspecified atom stereocenters. The number of amides is 2. The van der Waals surface area contributed by atoms with E-state index in [1.54, 1.807) is 84.9 Å². The van der Waals surface area contributed by atoms with Gasteiger partial charge in [0.15, 0.2) is 31.8 Å². The first-order chi connectivity index (χ1) is 22.8. The van der Waals surface area contributed by atoms with Crippen LogP contribution in [0, 0.1) is 0 Å². The lowest BCUT2D eigenvalue weighted by molar-refractivity contribution is -0.114. The van der Waals surface area contributed by atoms with Crippen LogP contribution in [0.3, 0.4) is 0 Å². The Kier molecular flexibility index (Phi) is 8.10. The molecule has 1 heterocycles. The smallest absolute Gasteiger partial charge is 0.234 e. The van der Waals surface area contributed by atoms with Gasteiger partial charge in [-0.05, 0) is 12.1 Å². The van der Waals surface area contributed by atoms with Gasteiger partial charge < -0.3 is 10.6 Å². The number of ketones is 4. The summed E-state index contributed by atoms with van der Waals surface area (Å²) < 4.78 is 0.997. The van der Waals surface area contributed by atoms with E-state index in [-0.39, 0.29) is 68.3 Å². The van der Waals surface area contributed by atoms with Gasteiger partial charge in [-0.1, -0.05) is 108 Å². The van der Waals surface area contributed by atoms with E-state index in [0.29, 0.717) is 30.9 Å². The molecule has 5 aromatic rings. The SMILES string of the molecule is O=C(CSc1nnc(SCC(=O)Nc2cccc3c2C(=O)c2ccccc2C3=O)s1)Nc1cccc2c1C(=O)c1ccccc1C2=O. The number of carbonyl (C=O) groups is 6. The second-order valence-corrected chi connectivity index (χ2v) is 13.8. The van der Waals surface area contributed by atoms with E-state index in [1.807, 2.05) is 0 Å². The van der Waals surface area contributed by atoms with Crippen molar-refractivity contribution in [2.24, 2.45) is 0 Å². The molecule has 13 heteroatoms. The predicted molar refractivity (Wildman–Crippen MR) is 178 cm³/mol. The fraction of sp³-hybridized carbons (Fsp3) is 0.0588. The van der Waals surface area contributed by atoms with E-state index in [2.05, 4.69) is 20.8 Å². The number of fused-ring (bicyclic) bond motifs is 4. The third kappa shape index (κ3) is 5.69. The topological polar surface area (TPSA) is 152 Å². The number of rotatable bonds is 8. The molecule has 4 aromatic carbocycles. The zero-order valence-corrected chi connectivity index (χ0v) is 26.5. The highest BCUT2D eigenvalue weighted by Gasteiger charge is 2.33. The first-order valence-electron chi connectivity index (χ1n) is 14.1. The van der Waals surface area contributed by atoms with Gasteiger partial charge >= 0.3 is 0 Å². The normalized spacial score (nSPS) is 12.9. The van der Waals surface area contributed by atoms with Gasteiger partial charge in [0.05, 0.1) is 34.0 Å². The van der Waals surface area contributed by atoms with Crippen LogP contribution in [0.5, 0.6) is 0 Å². The molecule has 230 valence electrons. The van der Waals surface area contributed by atoms with Crippen molar-refractivity contribution >= 4 is 81.2 Å². The van der Waals surface area contributed by atoms with Crippen LogP contribution >= 0.6 is 34.9 Å². The fourth-order valence-corrected chi connectivity index (χ4v) is 8.06. The molecule has 0 bridgehead atoms. The van der Waals surface area contributed by atoms with Crippen molar-refractivity contribution in [2.75, 3.05) is 22.1 Å². The van der Waals surface area contributed by atoms with Crippen LogP contribution in [-0.2, 0) is 9.59 Å². The number of hydrogen-bond acceptors (Lipinski definition) is 11. The summed E-state index contributed by atoms with van der Waals surface area (Å²) in [7, 11) is 0. The molecular weight excluding hydrogens is 657 g/mol. The molecule has 2 N–H and O–H groups in total. The summed E-state index contributed by atoms with van der Waals surface area (Å²) in [6, 6.07) is 22.8. The van der Waals surface area contributed by atoms with Gasteiger partial charge in [-0.2, -0.15) is 0 Å². The summed E-state index contributed by atoms with van der Waals surface area (Å²) >= 11 is 3.49. The lowest BCUT2D eigenvalue weighted by Gasteiger charge is -2.20. The molecule has 0 atom stereocenters. The minimum Gasteiger partial charge on any atom is -0.325 e. The molecule has 0 saturated heterocycles. The summed E-state index contributed by atoms with van der Waals surface area (Å²) in [5.74, 6) is -2.05. The maximum atomic E-state index is 13.2. The third-order valence-electron chi connectivity index (χ3n) is 7.49. The van der Waals surface area contributed by atoms with E-state index in [0.717, 1.165) is 23.5 Å². The van der Waals surface area contributed by atoms with Gasteiger partial charge in [0.25, 0.3) is 0 Å². The second kappa shape index (κ2) is 12.5. The van der Waals surface area contributed by atoms with Crippen molar-refractivity contribution in [1.29, 1.82) is 0 Å². The molecule has 0 fully saturated rings. The Morgan fingerprint density at radius 1 is 0.511 bits per heavy atom. The quantitative estimate of drug-likeness (QED) is 0.196. The average Bonchev–Trinajstić information content (AvgIpc) is 3.55. The number of hydrogen-bond donors (Lipinski definition) is 2. The van der Waals surface area contributed by atoms with Gasteiger partial charge in [-0.3, -0.25) is 28.8 Å². The first kappa shape index (κ1) is 30.4. The number of carbonyl (C=O) groups excluding carboxylic acids is 6. The molecule has 0 spiro atoms. The summed E-state index contributed by atoms with van der Waals surface area (Å²) in [4.78, 5) is 78.0. The molecule has 7 rings (SSSR count). The lowest BCUT2D eigenvalue weighted by Crippen LogP contribution is -2.24. The van der Waals surface area contributed by atoms with E-state index < -0.39 is 11.8 Å². The zero-order valence-electron chi connectivity index (χ0n) is 24.1. The number of anilines is 2. The minimum atomic E-state index is -0.395. The van der Waals surface area contributed by atoms with E-state index in [9.17, 15) is 28.8 Å². The van der Waals surface area contributed by atoms with Crippen molar-refractivity contribution in [3.63, 3.8) is 0 Å². The summed E-state index contributed by atoms with van der Waals surface area (Å²) in [5.41, 5.74) is 2.60. The summed E-state index contributed by atoms with van der Waals surface area (Å²) in [5, 5.41) is 13.7. The summed E-state index contributed by atoms with van der Waals surface area (Å²) in [6.45, 7) is 0. The van der Waals surface area contributed by atoms with E-state index in [4.69, 9.17) is 0 Å². The molecule has 2 aliphatic carbocycles. The Bertz CT molecular complexity index is 2040. The molecule has 2 aliphatic rings. The highest BCUT2D eigenvalue weighted by molar-refractivity contribution is 8.03. The molecule has 0 radical (unpaired) electrons. The van der Waals surface area contributed by atoms with Crippen molar-refractivity contribution in [3.8, 4) is 0 Å². The molecule has 1 aromatic heterocycles. The number of thioether (sulfide) groups is 2. The lowest BCUT2D eigenvalue weighted by atomic mass is 9.83. The van der Waals surface area contributed by atoms with Crippen LogP contribution in [-0.4, -0.2) is 56.7 Å². The van der Waals surface area contributed by atoms with Crippen LogP contribution in [0.2, 0.25) is 0 Å². The maximum Gasteiger partial charge on any atom is 0.234 e. The van der Waals surface area contributed by atoms with Crippen molar-refractivity contribution in [1.82, 2.24) is 10.2 Å². The molecular formula is C34H20N4O6S3. The van der Waals surface area contributed by atoms with Gasteiger partial charge in [0, 0.05) is 33.4 Å². The molecule has 47 heavy (non-hydrogen) atoms. The summed E-state index contributed by atoms with van der Waals surface area (Å²) in [6.07, 6.45) is 0. The maximum absolute atomic E-state index is 13.2. The van der Waals surface area contributed by atoms with E-state index >= 15 is 0 Å².